The van der Waals surface area contributed by atoms with Crippen LogP contribution in [0.5, 0.6) is 0 Å². The Morgan fingerprint density at radius 1 is 1.24 bits per heavy atom. The number of sulfonamides is 1. The second kappa shape index (κ2) is 8.01. The van der Waals surface area contributed by atoms with E-state index in [9.17, 15) is 13.2 Å². The quantitative estimate of drug-likeness (QED) is 0.790. The van der Waals surface area contributed by atoms with Gasteiger partial charge in [-0.25, -0.2) is 12.7 Å². The van der Waals surface area contributed by atoms with Crippen molar-refractivity contribution in [3.05, 3.63) is 47.4 Å². The first-order valence-corrected chi connectivity index (χ1v) is 9.25. The van der Waals surface area contributed by atoms with Gasteiger partial charge in [0, 0.05) is 19.8 Å². The number of carbonyl (C=O) groups is 1. The zero-order chi connectivity index (χ0) is 18.6. The molecular formula is C16H20ClN3O4S. The van der Waals surface area contributed by atoms with Gasteiger partial charge in [0.25, 0.3) is 0 Å². The summed E-state index contributed by atoms with van der Waals surface area (Å²) in [5.74, 6) is 0.478. The van der Waals surface area contributed by atoms with E-state index in [0.717, 1.165) is 10.1 Å². The van der Waals surface area contributed by atoms with Crippen LogP contribution in [0, 0.1) is 0 Å². The minimum atomic E-state index is -3.70. The first-order valence-electron chi connectivity index (χ1n) is 7.43. The molecule has 1 N–H and O–H groups in total. The molecule has 136 valence electrons. The molecule has 1 amide bonds. The van der Waals surface area contributed by atoms with Crippen molar-refractivity contribution in [3.63, 3.8) is 0 Å². The van der Waals surface area contributed by atoms with Crippen LogP contribution in [-0.2, 0) is 21.4 Å². The molecule has 1 heterocycles. The van der Waals surface area contributed by atoms with Crippen molar-refractivity contribution < 1.29 is 17.6 Å². The third-order valence-electron chi connectivity index (χ3n) is 3.39. The third kappa shape index (κ3) is 5.05. The van der Waals surface area contributed by atoms with E-state index in [0.29, 0.717) is 12.2 Å². The Labute approximate surface area is 152 Å². The Hall–Kier alpha value is -1.87. The number of furan rings is 1. The molecule has 0 aliphatic rings. The monoisotopic (exact) mass is 385 g/mol. The highest BCUT2D eigenvalue weighted by Gasteiger charge is 2.21. The van der Waals surface area contributed by atoms with E-state index >= 15 is 0 Å². The molecule has 0 atom stereocenters. The zero-order valence-corrected chi connectivity index (χ0v) is 15.8. The Balaban J connectivity index is 2.06. The van der Waals surface area contributed by atoms with Crippen LogP contribution in [-0.4, -0.2) is 51.2 Å². The minimum absolute atomic E-state index is 0.0547. The van der Waals surface area contributed by atoms with Crippen molar-refractivity contribution in [2.45, 2.75) is 11.4 Å². The maximum absolute atomic E-state index is 12.3. The number of rotatable bonds is 7. The highest BCUT2D eigenvalue weighted by atomic mass is 35.5. The molecular weight excluding hydrogens is 366 g/mol. The van der Waals surface area contributed by atoms with E-state index in [1.807, 2.05) is 6.07 Å². The average molecular weight is 386 g/mol. The molecule has 1 aromatic carbocycles. The van der Waals surface area contributed by atoms with Crippen molar-refractivity contribution in [1.29, 1.82) is 0 Å². The number of benzene rings is 1. The van der Waals surface area contributed by atoms with Gasteiger partial charge in [0.05, 0.1) is 24.4 Å². The molecule has 9 heteroatoms. The lowest BCUT2D eigenvalue weighted by molar-refractivity contribution is -0.117. The van der Waals surface area contributed by atoms with Gasteiger partial charge in [-0.05, 0) is 37.4 Å². The Morgan fingerprint density at radius 3 is 2.56 bits per heavy atom. The van der Waals surface area contributed by atoms with Gasteiger partial charge in [-0.2, -0.15) is 0 Å². The summed E-state index contributed by atoms with van der Waals surface area (Å²) >= 11 is 5.99. The molecule has 1 aromatic heterocycles. The van der Waals surface area contributed by atoms with E-state index in [4.69, 9.17) is 16.0 Å². The van der Waals surface area contributed by atoms with Crippen LogP contribution in [0.2, 0.25) is 5.02 Å². The summed E-state index contributed by atoms with van der Waals surface area (Å²) in [5.41, 5.74) is 0.362. The van der Waals surface area contributed by atoms with Crippen LogP contribution in [0.3, 0.4) is 0 Å². The van der Waals surface area contributed by atoms with Gasteiger partial charge in [-0.1, -0.05) is 11.6 Å². The van der Waals surface area contributed by atoms with Crippen LogP contribution < -0.4 is 5.32 Å². The number of amides is 1. The number of nitrogens with one attached hydrogen (secondary N) is 1. The lowest BCUT2D eigenvalue weighted by Crippen LogP contribution is -2.29. The Kier molecular flexibility index (Phi) is 6.23. The molecule has 2 rings (SSSR count). The van der Waals surface area contributed by atoms with Crippen molar-refractivity contribution >= 4 is 33.2 Å². The molecule has 0 unspecified atom stereocenters. The fraction of sp³-hybridized carbons (Fsp3) is 0.312. The molecule has 0 saturated heterocycles. The van der Waals surface area contributed by atoms with Crippen molar-refractivity contribution in [2.75, 3.05) is 33.0 Å². The molecule has 0 aliphatic heterocycles. The highest BCUT2D eigenvalue weighted by molar-refractivity contribution is 7.89. The van der Waals surface area contributed by atoms with Crippen LogP contribution in [0.25, 0.3) is 0 Å². The number of nitrogens with zero attached hydrogens (tertiary/aromatic N) is 2. The number of hydrogen-bond donors (Lipinski definition) is 1. The summed E-state index contributed by atoms with van der Waals surface area (Å²) in [5, 5.41) is 2.78. The standard InChI is InChI=1S/C16H20ClN3O4S/c1-19(2)25(22,23)15-9-12(6-7-14(15)17)18-16(21)11-20(3)10-13-5-4-8-24-13/h4-9H,10-11H2,1-3H3,(H,18,21). The van der Waals surface area contributed by atoms with Gasteiger partial charge in [0.2, 0.25) is 15.9 Å². The van der Waals surface area contributed by atoms with E-state index < -0.39 is 10.0 Å². The molecule has 0 fully saturated rings. The molecule has 0 saturated carbocycles. The summed E-state index contributed by atoms with van der Waals surface area (Å²) in [7, 11) is 0.922. The second-order valence-corrected chi connectivity index (χ2v) is 8.26. The fourth-order valence-corrected chi connectivity index (χ4v) is 3.54. The van der Waals surface area contributed by atoms with E-state index in [-0.39, 0.29) is 22.4 Å². The summed E-state index contributed by atoms with van der Waals surface area (Å²) < 4.78 is 30.8. The van der Waals surface area contributed by atoms with Gasteiger partial charge in [0.1, 0.15) is 10.7 Å². The molecule has 25 heavy (non-hydrogen) atoms. The summed E-state index contributed by atoms with van der Waals surface area (Å²) in [6.45, 7) is 0.611. The van der Waals surface area contributed by atoms with Crippen LogP contribution >= 0.6 is 11.6 Å². The smallest absolute Gasteiger partial charge is 0.244 e. The van der Waals surface area contributed by atoms with E-state index in [1.54, 1.807) is 30.3 Å². The maximum Gasteiger partial charge on any atom is 0.244 e. The van der Waals surface area contributed by atoms with Gasteiger partial charge in [0.15, 0.2) is 0 Å². The van der Waals surface area contributed by atoms with E-state index in [2.05, 4.69) is 5.32 Å². The number of carbonyl (C=O) groups excluding carboxylic acids is 1. The SMILES string of the molecule is CN(CC(=O)Nc1ccc(Cl)c(S(=O)(=O)N(C)C)c1)Cc1ccco1. The predicted octanol–water partition coefficient (Wildman–Crippen LogP) is 2.25. The summed E-state index contributed by atoms with van der Waals surface area (Å²) in [6, 6.07) is 7.96. The van der Waals surface area contributed by atoms with Crippen LogP contribution in [0.4, 0.5) is 5.69 Å². The first-order chi connectivity index (χ1) is 11.7. The lowest BCUT2D eigenvalue weighted by Gasteiger charge is -2.16. The Bertz CT molecular complexity index is 835. The normalized spacial score (nSPS) is 11.9. The van der Waals surface area contributed by atoms with Crippen LogP contribution in [0.15, 0.2) is 45.9 Å². The molecule has 2 aromatic rings. The average Bonchev–Trinajstić information content (AvgIpc) is 3.01. The molecule has 0 bridgehead atoms. The first kappa shape index (κ1) is 19.5. The fourth-order valence-electron chi connectivity index (χ4n) is 2.15. The molecule has 7 nitrogen and oxygen atoms in total. The molecule has 0 spiro atoms. The summed E-state index contributed by atoms with van der Waals surface area (Å²) in [6.07, 6.45) is 1.57. The minimum Gasteiger partial charge on any atom is -0.468 e. The topological polar surface area (TPSA) is 82.9 Å². The van der Waals surface area contributed by atoms with E-state index in [1.165, 1.54) is 26.2 Å². The number of likely N-dealkylation sites (N-methyl/N-ethyl adjacent to an activating group) is 1. The predicted molar refractivity (Wildman–Crippen MR) is 96.0 cm³/mol. The van der Waals surface area contributed by atoms with Crippen molar-refractivity contribution in [2.24, 2.45) is 0 Å². The van der Waals surface area contributed by atoms with Crippen molar-refractivity contribution in [1.82, 2.24) is 9.21 Å². The number of halogens is 1. The lowest BCUT2D eigenvalue weighted by atomic mass is 10.3. The van der Waals surface area contributed by atoms with Gasteiger partial charge in [-0.15, -0.1) is 0 Å². The largest absolute Gasteiger partial charge is 0.468 e. The van der Waals surface area contributed by atoms with Gasteiger partial charge >= 0.3 is 0 Å². The second-order valence-electron chi connectivity index (χ2n) is 5.73. The highest BCUT2D eigenvalue weighted by Crippen LogP contribution is 2.26. The Morgan fingerprint density at radius 2 is 1.96 bits per heavy atom. The number of anilines is 1. The van der Waals surface area contributed by atoms with Gasteiger partial charge in [-0.3, -0.25) is 9.69 Å². The number of hydrogen-bond acceptors (Lipinski definition) is 5. The molecule has 0 aliphatic carbocycles. The van der Waals surface area contributed by atoms with Crippen molar-refractivity contribution in [3.8, 4) is 0 Å². The van der Waals surface area contributed by atoms with Crippen LogP contribution in [0.1, 0.15) is 5.76 Å². The van der Waals surface area contributed by atoms with Gasteiger partial charge < -0.3 is 9.73 Å². The maximum atomic E-state index is 12.3. The zero-order valence-electron chi connectivity index (χ0n) is 14.2. The molecule has 0 radical (unpaired) electrons. The summed E-state index contributed by atoms with van der Waals surface area (Å²) in [4.78, 5) is 13.9. The third-order valence-corrected chi connectivity index (χ3v) is 5.69.